The number of carbonyl (C=O) groups is 1. The van der Waals surface area contributed by atoms with Crippen molar-refractivity contribution in [3.05, 3.63) is 12.7 Å². The van der Waals surface area contributed by atoms with Gasteiger partial charge >= 0.3 is 5.97 Å². The molecule has 0 bridgehead atoms. The molecule has 0 N–H and O–H groups in total. The van der Waals surface area contributed by atoms with Gasteiger partial charge in [-0.25, -0.2) is 0 Å². The molecule has 0 aliphatic heterocycles. The summed E-state index contributed by atoms with van der Waals surface area (Å²) in [7, 11) is 3.94. The van der Waals surface area contributed by atoms with E-state index in [1.165, 1.54) is 25.7 Å². The first-order chi connectivity index (χ1) is 8.66. The first-order valence-electron chi connectivity index (χ1n) is 7.08. The van der Waals surface area contributed by atoms with Crippen molar-refractivity contribution in [3.8, 4) is 0 Å². The Kier molecular flexibility index (Phi) is 12.0. The number of allylic oxidation sites excluding steroid dienone is 1. The summed E-state index contributed by atoms with van der Waals surface area (Å²) < 4.78 is 5.12. The van der Waals surface area contributed by atoms with E-state index in [0.29, 0.717) is 13.0 Å². The first kappa shape index (κ1) is 17.2. The van der Waals surface area contributed by atoms with Gasteiger partial charge in [-0.3, -0.25) is 4.79 Å². The molecule has 0 fully saturated rings. The average molecular weight is 255 g/mol. The number of esters is 1. The summed E-state index contributed by atoms with van der Waals surface area (Å²) >= 11 is 0. The minimum Gasteiger partial charge on any atom is -0.464 e. The standard InChI is InChI=1S/C15H29NO2/c1-4-5-6-7-8-9-10-11-12-15(17)18-14-13-16(2)3/h4H,1,5-14H2,2-3H3. The van der Waals surface area contributed by atoms with Gasteiger partial charge in [-0.05, 0) is 33.4 Å². The topological polar surface area (TPSA) is 29.5 Å². The van der Waals surface area contributed by atoms with Crippen LogP contribution in [0.25, 0.3) is 0 Å². The molecular weight excluding hydrogens is 226 g/mol. The van der Waals surface area contributed by atoms with Gasteiger partial charge in [0.15, 0.2) is 0 Å². The van der Waals surface area contributed by atoms with Crippen LogP contribution in [0.2, 0.25) is 0 Å². The van der Waals surface area contributed by atoms with Crippen molar-refractivity contribution in [1.82, 2.24) is 4.90 Å². The molecule has 0 aliphatic rings. The van der Waals surface area contributed by atoms with Gasteiger partial charge in [0.05, 0.1) is 0 Å². The quantitative estimate of drug-likeness (QED) is 0.304. The largest absolute Gasteiger partial charge is 0.464 e. The molecule has 18 heavy (non-hydrogen) atoms. The van der Waals surface area contributed by atoms with Gasteiger partial charge < -0.3 is 9.64 Å². The molecule has 0 radical (unpaired) electrons. The molecule has 0 atom stereocenters. The van der Waals surface area contributed by atoms with E-state index >= 15 is 0 Å². The van der Waals surface area contributed by atoms with Crippen LogP contribution in [0, 0.1) is 0 Å². The third-order valence-corrected chi connectivity index (χ3v) is 2.84. The van der Waals surface area contributed by atoms with Gasteiger partial charge in [-0.15, -0.1) is 6.58 Å². The van der Waals surface area contributed by atoms with E-state index in [9.17, 15) is 4.79 Å². The highest BCUT2D eigenvalue weighted by Gasteiger charge is 2.02. The second-order valence-electron chi connectivity index (χ2n) is 4.97. The zero-order valence-electron chi connectivity index (χ0n) is 12.1. The molecule has 106 valence electrons. The predicted molar refractivity (Wildman–Crippen MR) is 76.6 cm³/mol. The van der Waals surface area contributed by atoms with Crippen LogP contribution in [-0.2, 0) is 9.53 Å². The van der Waals surface area contributed by atoms with E-state index in [-0.39, 0.29) is 5.97 Å². The molecule has 0 heterocycles. The van der Waals surface area contributed by atoms with E-state index in [0.717, 1.165) is 25.8 Å². The number of hydrogen-bond acceptors (Lipinski definition) is 3. The zero-order valence-corrected chi connectivity index (χ0v) is 12.1. The Bertz CT molecular complexity index is 215. The summed E-state index contributed by atoms with van der Waals surface area (Å²) in [4.78, 5) is 13.4. The van der Waals surface area contributed by atoms with Gasteiger partial charge in [0.25, 0.3) is 0 Å². The molecule has 0 aliphatic carbocycles. The lowest BCUT2D eigenvalue weighted by molar-refractivity contribution is -0.144. The summed E-state index contributed by atoms with van der Waals surface area (Å²) in [6, 6.07) is 0. The SMILES string of the molecule is C=CCCCCCCCCC(=O)OCCN(C)C. The average Bonchev–Trinajstić information content (AvgIpc) is 2.32. The second-order valence-corrected chi connectivity index (χ2v) is 4.97. The Balaban J connectivity index is 3.17. The monoisotopic (exact) mass is 255 g/mol. The maximum atomic E-state index is 11.3. The number of unbranched alkanes of at least 4 members (excludes halogenated alkanes) is 6. The van der Waals surface area contributed by atoms with Crippen LogP contribution < -0.4 is 0 Å². The van der Waals surface area contributed by atoms with E-state index in [2.05, 4.69) is 6.58 Å². The molecule has 0 aromatic rings. The summed E-state index contributed by atoms with van der Waals surface area (Å²) in [5, 5.41) is 0. The highest BCUT2D eigenvalue weighted by atomic mass is 16.5. The van der Waals surface area contributed by atoms with Crippen molar-refractivity contribution >= 4 is 5.97 Å². The van der Waals surface area contributed by atoms with Crippen LogP contribution in [0.15, 0.2) is 12.7 Å². The molecule has 0 aromatic heterocycles. The lowest BCUT2D eigenvalue weighted by atomic mass is 10.1. The van der Waals surface area contributed by atoms with Crippen molar-refractivity contribution in [3.63, 3.8) is 0 Å². The highest BCUT2D eigenvalue weighted by Crippen LogP contribution is 2.09. The van der Waals surface area contributed by atoms with Crippen LogP contribution in [-0.4, -0.2) is 38.1 Å². The lowest BCUT2D eigenvalue weighted by Crippen LogP contribution is -2.20. The first-order valence-corrected chi connectivity index (χ1v) is 7.08. The van der Waals surface area contributed by atoms with E-state index in [1.54, 1.807) is 0 Å². The molecular formula is C15H29NO2. The fourth-order valence-corrected chi connectivity index (χ4v) is 1.68. The Hall–Kier alpha value is -0.830. The maximum absolute atomic E-state index is 11.3. The normalized spacial score (nSPS) is 10.6. The Morgan fingerprint density at radius 3 is 2.33 bits per heavy atom. The third kappa shape index (κ3) is 13.2. The molecule has 0 amide bonds. The van der Waals surface area contributed by atoms with Gasteiger partial charge in [0, 0.05) is 13.0 Å². The maximum Gasteiger partial charge on any atom is 0.305 e. The number of carbonyl (C=O) groups excluding carboxylic acids is 1. The Morgan fingerprint density at radius 2 is 1.72 bits per heavy atom. The number of rotatable bonds is 12. The smallest absolute Gasteiger partial charge is 0.305 e. The van der Waals surface area contributed by atoms with Crippen LogP contribution in [0.3, 0.4) is 0 Å². The van der Waals surface area contributed by atoms with Gasteiger partial charge in [0.2, 0.25) is 0 Å². The molecule has 3 heteroatoms. The van der Waals surface area contributed by atoms with Gasteiger partial charge in [-0.2, -0.15) is 0 Å². The van der Waals surface area contributed by atoms with Crippen LogP contribution in [0.1, 0.15) is 51.4 Å². The van der Waals surface area contributed by atoms with Gasteiger partial charge in [-0.1, -0.05) is 31.8 Å². The third-order valence-electron chi connectivity index (χ3n) is 2.84. The Morgan fingerprint density at radius 1 is 1.11 bits per heavy atom. The van der Waals surface area contributed by atoms with E-state index in [1.807, 2.05) is 25.1 Å². The van der Waals surface area contributed by atoms with Crippen molar-refractivity contribution in [2.45, 2.75) is 51.4 Å². The number of likely N-dealkylation sites (N-methyl/N-ethyl adjacent to an activating group) is 1. The number of nitrogens with zero attached hydrogens (tertiary/aromatic N) is 1. The summed E-state index contributed by atoms with van der Waals surface area (Å²) in [6.45, 7) is 5.02. The number of ether oxygens (including phenoxy) is 1. The molecule has 0 saturated carbocycles. The molecule has 0 aromatic carbocycles. The fraction of sp³-hybridized carbons (Fsp3) is 0.800. The van der Waals surface area contributed by atoms with Gasteiger partial charge in [0.1, 0.15) is 6.61 Å². The summed E-state index contributed by atoms with van der Waals surface area (Å²) in [5.41, 5.74) is 0. The van der Waals surface area contributed by atoms with Crippen LogP contribution >= 0.6 is 0 Å². The van der Waals surface area contributed by atoms with Crippen molar-refractivity contribution in [1.29, 1.82) is 0 Å². The molecule has 3 nitrogen and oxygen atoms in total. The molecule has 0 rings (SSSR count). The predicted octanol–water partition coefficient (Wildman–Crippen LogP) is 3.40. The highest BCUT2D eigenvalue weighted by molar-refractivity contribution is 5.69. The minimum atomic E-state index is -0.0523. The van der Waals surface area contributed by atoms with Crippen LogP contribution in [0.5, 0.6) is 0 Å². The van der Waals surface area contributed by atoms with E-state index in [4.69, 9.17) is 4.74 Å². The van der Waals surface area contributed by atoms with Crippen molar-refractivity contribution in [2.24, 2.45) is 0 Å². The lowest BCUT2D eigenvalue weighted by Gasteiger charge is -2.09. The minimum absolute atomic E-state index is 0.0523. The molecule has 0 unspecified atom stereocenters. The summed E-state index contributed by atoms with van der Waals surface area (Å²) in [5.74, 6) is -0.0523. The van der Waals surface area contributed by atoms with Crippen LogP contribution in [0.4, 0.5) is 0 Å². The molecule has 0 saturated heterocycles. The van der Waals surface area contributed by atoms with Crippen molar-refractivity contribution < 1.29 is 9.53 Å². The zero-order chi connectivity index (χ0) is 13.6. The fourth-order valence-electron chi connectivity index (χ4n) is 1.68. The van der Waals surface area contributed by atoms with Crippen molar-refractivity contribution in [2.75, 3.05) is 27.2 Å². The Labute approximate surface area is 112 Å². The summed E-state index contributed by atoms with van der Waals surface area (Å²) in [6.07, 6.45) is 10.8. The second kappa shape index (κ2) is 12.6. The van der Waals surface area contributed by atoms with E-state index < -0.39 is 0 Å². The molecule has 0 spiro atoms. The number of hydrogen-bond donors (Lipinski definition) is 0.